The van der Waals surface area contributed by atoms with E-state index in [1.165, 1.54) is 0 Å². The Morgan fingerprint density at radius 1 is 1.54 bits per heavy atom. The second-order valence-corrected chi connectivity index (χ2v) is 4.02. The Morgan fingerprint density at radius 3 is 2.62 bits per heavy atom. The molecule has 0 atom stereocenters. The quantitative estimate of drug-likeness (QED) is 0.337. The number of alkyl halides is 1. The molecule has 0 aromatic rings. The number of rotatable bonds is 3. The van der Waals surface area contributed by atoms with E-state index in [4.69, 9.17) is 16.7 Å². The Morgan fingerprint density at radius 2 is 2.23 bits per heavy atom. The van der Waals surface area contributed by atoms with Gasteiger partial charge in [-0.2, -0.15) is 11.8 Å². The highest BCUT2D eigenvalue weighted by molar-refractivity contribution is 7.99. The number of aliphatic carboxylic acids is 1. The molecule has 0 aromatic carbocycles. The van der Waals surface area contributed by atoms with E-state index in [9.17, 15) is 9.59 Å². The van der Waals surface area contributed by atoms with Gasteiger partial charge in [0.1, 0.15) is 5.57 Å². The van der Waals surface area contributed by atoms with Crippen LogP contribution in [-0.2, 0) is 9.59 Å². The molecule has 1 saturated heterocycles. The molecule has 0 bridgehead atoms. The van der Waals surface area contributed by atoms with Gasteiger partial charge in [-0.3, -0.25) is 4.79 Å². The van der Waals surface area contributed by atoms with E-state index in [-0.39, 0.29) is 11.5 Å². The number of ketones is 1. The van der Waals surface area contributed by atoms with Crippen molar-refractivity contribution in [2.75, 3.05) is 17.4 Å². The zero-order valence-corrected chi connectivity index (χ0v) is 8.45. The summed E-state index contributed by atoms with van der Waals surface area (Å²) in [6.45, 7) is 0. The molecule has 1 rings (SSSR count). The van der Waals surface area contributed by atoms with Gasteiger partial charge in [0.05, 0.1) is 5.88 Å². The van der Waals surface area contributed by atoms with Crippen molar-refractivity contribution in [3.05, 3.63) is 11.1 Å². The highest BCUT2D eigenvalue weighted by atomic mass is 35.5. The summed E-state index contributed by atoms with van der Waals surface area (Å²) in [5.41, 5.74) is 0.628. The summed E-state index contributed by atoms with van der Waals surface area (Å²) < 4.78 is 0. The molecule has 1 N–H and O–H groups in total. The summed E-state index contributed by atoms with van der Waals surface area (Å²) >= 11 is 6.95. The minimum absolute atomic E-state index is 0.0972. The van der Waals surface area contributed by atoms with E-state index in [1.54, 1.807) is 11.8 Å². The van der Waals surface area contributed by atoms with E-state index < -0.39 is 11.8 Å². The molecule has 3 nitrogen and oxygen atoms in total. The van der Waals surface area contributed by atoms with E-state index in [0.717, 1.165) is 11.3 Å². The fourth-order valence-electron chi connectivity index (χ4n) is 1.19. The maximum atomic E-state index is 11.2. The van der Waals surface area contributed by atoms with E-state index in [0.29, 0.717) is 12.2 Å². The van der Waals surface area contributed by atoms with Gasteiger partial charge in [0.2, 0.25) is 0 Å². The second kappa shape index (κ2) is 4.67. The van der Waals surface area contributed by atoms with Crippen LogP contribution < -0.4 is 0 Å². The first-order chi connectivity index (χ1) is 6.16. The van der Waals surface area contributed by atoms with Crippen molar-refractivity contribution in [2.45, 2.75) is 6.42 Å². The van der Waals surface area contributed by atoms with Gasteiger partial charge in [-0.1, -0.05) is 0 Å². The molecule has 1 aliphatic heterocycles. The van der Waals surface area contributed by atoms with Crippen LogP contribution in [0.1, 0.15) is 6.42 Å². The van der Waals surface area contributed by atoms with E-state index in [2.05, 4.69) is 0 Å². The van der Waals surface area contributed by atoms with E-state index in [1.807, 2.05) is 0 Å². The highest BCUT2D eigenvalue weighted by Crippen LogP contribution is 2.26. The molecular weight excluding hydrogens is 212 g/mol. The van der Waals surface area contributed by atoms with Crippen LogP contribution >= 0.6 is 23.4 Å². The topological polar surface area (TPSA) is 54.4 Å². The predicted molar refractivity (Wildman–Crippen MR) is 52.3 cm³/mol. The molecule has 1 fully saturated rings. The number of carboxylic acids is 1. The molecular formula is C8H9ClO3S. The SMILES string of the molecule is O=C(O)C(C(=O)CCl)=C1CCSC1. The van der Waals surface area contributed by atoms with Crippen LogP contribution in [0.5, 0.6) is 0 Å². The smallest absolute Gasteiger partial charge is 0.339 e. The highest BCUT2D eigenvalue weighted by Gasteiger charge is 2.23. The number of halogens is 1. The van der Waals surface area contributed by atoms with E-state index >= 15 is 0 Å². The summed E-state index contributed by atoms with van der Waals surface area (Å²) in [6.07, 6.45) is 0.689. The van der Waals surface area contributed by atoms with Gasteiger partial charge in [-0.25, -0.2) is 4.79 Å². The lowest BCUT2D eigenvalue weighted by Crippen LogP contribution is -2.16. The number of hydrogen-bond donors (Lipinski definition) is 1. The zero-order valence-electron chi connectivity index (χ0n) is 6.88. The number of carboxylic acid groups (broad SMARTS) is 1. The van der Waals surface area contributed by atoms with Gasteiger partial charge in [0, 0.05) is 5.75 Å². The lowest BCUT2D eigenvalue weighted by atomic mass is 10.0. The molecule has 0 amide bonds. The largest absolute Gasteiger partial charge is 0.478 e. The average Bonchev–Trinajstić information content (AvgIpc) is 2.56. The molecule has 13 heavy (non-hydrogen) atoms. The van der Waals surface area contributed by atoms with Crippen LogP contribution in [0.4, 0.5) is 0 Å². The molecule has 1 heterocycles. The molecule has 0 aromatic heterocycles. The number of Topliss-reactive ketones (excluding diaryl/α,β-unsaturated/α-hetero) is 1. The van der Waals surface area contributed by atoms with Crippen molar-refractivity contribution in [3.63, 3.8) is 0 Å². The fourth-order valence-corrected chi connectivity index (χ4v) is 2.40. The fraction of sp³-hybridized carbons (Fsp3) is 0.500. The predicted octanol–water partition coefficient (Wildman–Crippen LogP) is 1.31. The second-order valence-electron chi connectivity index (χ2n) is 2.64. The van der Waals surface area contributed by atoms with Gasteiger partial charge in [-0.05, 0) is 17.7 Å². The van der Waals surface area contributed by atoms with Crippen LogP contribution in [0.2, 0.25) is 0 Å². The number of hydrogen-bond acceptors (Lipinski definition) is 3. The summed E-state index contributed by atoms with van der Waals surface area (Å²) in [7, 11) is 0. The van der Waals surface area contributed by atoms with Crippen molar-refractivity contribution in [1.82, 2.24) is 0 Å². The first-order valence-electron chi connectivity index (χ1n) is 3.79. The molecule has 0 aliphatic carbocycles. The monoisotopic (exact) mass is 220 g/mol. The maximum Gasteiger partial charge on any atom is 0.339 e. The lowest BCUT2D eigenvalue weighted by molar-refractivity contribution is -0.134. The van der Waals surface area contributed by atoms with Gasteiger partial charge in [0.25, 0.3) is 0 Å². The van der Waals surface area contributed by atoms with Crippen LogP contribution in [0, 0.1) is 0 Å². The van der Waals surface area contributed by atoms with Crippen molar-refractivity contribution in [2.24, 2.45) is 0 Å². The Kier molecular flexibility index (Phi) is 3.81. The summed E-state index contributed by atoms with van der Waals surface area (Å²) in [5.74, 6) is -0.350. The first kappa shape index (κ1) is 10.6. The third kappa shape index (κ3) is 2.48. The minimum Gasteiger partial charge on any atom is -0.478 e. The Balaban J connectivity index is 2.96. The lowest BCUT2D eigenvalue weighted by Gasteiger charge is -2.02. The third-order valence-corrected chi connectivity index (χ3v) is 3.08. The molecule has 0 saturated carbocycles. The number of carbonyl (C=O) groups excluding carboxylic acids is 1. The molecule has 0 spiro atoms. The molecule has 5 heteroatoms. The molecule has 0 radical (unpaired) electrons. The van der Waals surface area contributed by atoms with Gasteiger partial charge >= 0.3 is 5.97 Å². The van der Waals surface area contributed by atoms with Crippen molar-refractivity contribution in [3.8, 4) is 0 Å². The van der Waals surface area contributed by atoms with Crippen molar-refractivity contribution >= 4 is 35.1 Å². The normalized spacial score (nSPS) is 20.1. The van der Waals surface area contributed by atoms with Crippen LogP contribution in [0.15, 0.2) is 11.1 Å². The van der Waals surface area contributed by atoms with Crippen molar-refractivity contribution < 1.29 is 14.7 Å². The summed E-state index contributed by atoms with van der Waals surface area (Å²) in [4.78, 5) is 21.9. The Hall–Kier alpha value is -0.480. The Bertz CT molecular complexity index is 265. The van der Waals surface area contributed by atoms with Crippen LogP contribution in [0.25, 0.3) is 0 Å². The molecule has 0 unspecified atom stereocenters. The minimum atomic E-state index is -1.15. The van der Waals surface area contributed by atoms with Gasteiger partial charge in [-0.15, -0.1) is 11.6 Å². The zero-order chi connectivity index (χ0) is 9.84. The molecule has 1 aliphatic rings. The van der Waals surface area contributed by atoms with Gasteiger partial charge in [0.15, 0.2) is 5.78 Å². The first-order valence-corrected chi connectivity index (χ1v) is 5.48. The number of thioether (sulfide) groups is 1. The average molecular weight is 221 g/mol. The van der Waals surface area contributed by atoms with Crippen LogP contribution in [-0.4, -0.2) is 34.2 Å². The maximum absolute atomic E-state index is 11.2. The van der Waals surface area contributed by atoms with Gasteiger partial charge < -0.3 is 5.11 Å². The summed E-state index contributed by atoms with van der Waals surface area (Å²) in [5, 5.41) is 8.79. The molecule has 72 valence electrons. The number of carbonyl (C=O) groups is 2. The van der Waals surface area contributed by atoms with Crippen molar-refractivity contribution in [1.29, 1.82) is 0 Å². The standard InChI is InChI=1S/C8H9ClO3S/c9-3-6(10)7(8(11)12)5-1-2-13-4-5/h1-4H2,(H,11,12). The third-order valence-electron chi connectivity index (χ3n) is 1.79. The summed E-state index contributed by atoms with van der Waals surface area (Å²) in [6, 6.07) is 0. The Labute approximate surface area is 85.1 Å². The van der Waals surface area contributed by atoms with Crippen LogP contribution in [0.3, 0.4) is 0 Å².